The van der Waals surface area contributed by atoms with Crippen molar-refractivity contribution in [2.75, 3.05) is 13.2 Å². The standard InChI is InChI=1S/C30H40O9/c1-6-19-7-15(4)23(31)16(5)29(19)36-22-12-35-28(13-34-27(33)14(2)3)26(25(22)37-29)38-30(39-28)20-9-17-8-18(11-20)24(32)21(30)10-17/h15-22,25-26H,2,6-13H2,1,3-5H3/t15?,16?,17?,18?,19?,20?,21?,22-,25-,26+,28+,29?,30?/m1/s1. The lowest BCUT2D eigenvalue weighted by Crippen LogP contribution is -2.63. The van der Waals surface area contributed by atoms with Crippen molar-refractivity contribution in [3.05, 3.63) is 12.2 Å². The third kappa shape index (κ3) is 3.46. The molecule has 3 heterocycles. The zero-order chi connectivity index (χ0) is 27.5. The van der Waals surface area contributed by atoms with Crippen LogP contribution in [0.25, 0.3) is 0 Å². The highest BCUT2D eigenvalue weighted by atomic mass is 16.9. The molecule has 2 spiro atoms. The maximum absolute atomic E-state index is 13.5. The Morgan fingerprint density at radius 1 is 1.03 bits per heavy atom. The summed E-state index contributed by atoms with van der Waals surface area (Å²) in [5.41, 5.74) is 0.268. The molecule has 4 bridgehead atoms. The van der Waals surface area contributed by atoms with E-state index in [1.54, 1.807) is 6.92 Å². The van der Waals surface area contributed by atoms with Crippen LogP contribution >= 0.6 is 0 Å². The normalized spacial score (nSPS) is 53.3. The molecule has 0 radical (unpaired) electrons. The number of ketones is 2. The molecule has 9 heteroatoms. The third-order valence-corrected chi connectivity index (χ3v) is 11.0. The smallest absolute Gasteiger partial charge is 0.333 e. The Morgan fingerprint density at radius 2 is 1.82 bits per heavy atom. The van der Waals surface area contributed by atoms with Crippen LogP contribution in [0.5, 0.6) is 0 Å². The second-order valence-corrected chi connectivity index (χ2v) is 13.3. The maximum Gasteiger partial charge on any atom is 0.333 e. The Balaban J connectivity index is 1.26. The van der Waals surface area contributed by atoms with Crippen molar-refractivity contribution in [2.45, 2.75) is 102 Å². The summed E-state index contributed by atoms with van der Waals surface area (Å²) >= 11 is 0. The minimum absolute atomic E-state index is 0.0282. The number of esters is 1. The molecule has 8 rings (SSSR count). The van der Waals surface area contributed by atoms with Gasteiger partial charge in [0.15, 0.2) is 11.6 Å². The zero-order valence-corrected chi connectivity index (χ0v) is 23.3. The quantitative estimate of drug-likeness (QED) is 0.389. The van der Waals surface area contributed by atoms with E-state index in [1.807, 2.05) is 13.8 Å². The van der Waals surface area contributed by atoms with Crippen LogP contribution in [0, 0.1) is 41.4 Å². The van der Waals surface area contributed by atoms with E-state index in [4.69, 9.17) is 28.4 Å². The van der Waals surface area contributed by atoms with E-state index in [1.165, 1.54) is 0 Å². The summed E-state index contributed by atoms with van der Waals surface area (Å²) in [6.07, 6.45) is 2.97. The Morgan fingerprint density at radius 3 is 2.56 bits per heavy atom. The number of Topliss-reactive ketones (excluding diaryl/α,β-unsaturated/α-hetero) is 2. The Bertz CT molecular complexity index is 1120. The molecule has 0 N–H and O–H groups in total. The summed E-state index contributed by atoms with van der Waals surface area (Å²) < 4.78 is 39.4. The number of rotatable bonds is 4. The molecule has 3 aliphatic heterocycles. The van der Waals surface area contributed by atoms with Gasteiger partial charge in [-0.3, -0.25) is 9.59 Å². The lowest BCUT2D eigenvalue weighted by atomic mass is 9.52. The molecule has 5 aliphatic carbocycles. The highest BCUT2D eigenvalue weighted by Crippen LogP contribution is 2.64. The van der Waals surface area contributed by atoms with Gasteiger partial charge in [0, 0.05) is 29.2 Å². The summed E-state index contributed by atoms with van der Waals surface area (Å²) in [7, 11) is 0. The molecule has 39 heavy (non-hydrogen) atoms. The summed E-state index contributed by atoms with van der Waals surface area (Å²) in [5, 5.41) is 0. The maximum atomic E-state index is 13.5. The number of carbonyl (C=O) groups is 3. The van der Waals surface area contributed by atoms with E-state index in [0.717, 1.165) is 32.1 Å². The molecule has 214 valence electrons. The number of hydrogen-bond donors (Lipinski definition) is 0. The van der Waals surface area contributed by atoms with Gasteiger partial charge in [0.05, 0.1) is 18.4 Å². The lowest BCUT2D eigenvalue weighted by molar-refractivity contribution is -0.335. The summed E-state index contributed by atoms with van der Waals surface area (Å²) in [6, 6.07) is 0. The Hall–Kier alpha value is -1.65. The molecular formula is C30H40O9. The van der Waals surface area contributed by atoms with Crippen molar-refractivity contribution in [1.82, 2.24) is 0 Å². The fourth-order valence-electron chi connectivity index (χ4n) is 9.18. The van der Waals surface area contributed by atoms with Crippen LogP contribution in [0.15, 0.2) is 12.2 Å². The first kappa shape index (κ1) is 26.3. The predicted octanol–water partition coefficient (Wildman–Crippen LogP) is 3.33. The van der Waals surface area contributed by atoms with E-state index < -0.39 is 47.6 Å². The van der Waals surface area contributed by atoms with Gasteiger partial charge in [-0.1, -0.05) is 27.4 Å². The average Bonchev–Trinajstić information content (AvgIpc) is 3.47. The molecule has 8 aliphatic rings. The summed E-state index contributed by atoms with van der Waals surface area (Å²) in [5.74, 6) is -4.15. The average molecular weight is 545 g/mol. The second kappa shape index (κ2) is 8.68. The largest absolute Gasteiger partial charge is 0.456 e. The van der Waals surface area contributed by atoms with Crippen LogP contribution in [0.2, 0.25) is 0 Å². The molecule has 0 aromatic heterocycles. The molecule has 9 nitrogen and oxygen atoms in total. The van der Waals surface area contributed by atoms with Crippen molar-refractivity contribution in [1.29, 1.82) is 0 Å². The fourth-order valence-corrected chi connectivity index (χ4v) is 9.18. The Labute approximate surface area is 229 Å². The van der Waals surface area contributed by atoms with E-state index >= 15 is 0 Å². The SMILES string of the molecule is C=C(C)C(=O)OC[C@@]12OC[C@H]3OC4(O[C@H]3[C@@H]1OC1(O2)C2CC3CC(C2)C(=O)C1C3)C(CC)CC(C)C(=O)C4C. The van der Waals surface area contributed by atoms with Gasteiger partial charge in [-0.05, 0) is 51.4 Å². The zero-order valence-electron chi connectivity index (χ0n) is 23.3. The van der Waals surface area contributed by atoms with Crippen LogP contribution in [0.3, 0.4) is 0 Å². The Kier molecular flexibility index (Phi) is 5.84. The van der Waals surface area contributed by atoms with Gasteiger partial charge in [0.25, 0.3) is 0 Å². The predicted molar refractivity (Wildman–Crippen MR) is 135 cm³/mol. The first-order chi connectivity index (χ1) is 18.5. The fraction of sp³-hybridized carbons (Fsp3) is 0.833. The van der Waals surface area contributed by atoms with Crippen molar-refractivity contribution in [2.24, 2.45) is 41.4 Å². The summed E-state index contributed by atoms with van der Waals surface area (Å²) in [4.78, 5) is 39.1. The molecule has 9 unspecified atom stereocenters. The van der Waals surface area contributed by atoms with Crippen LogP contribution in [0.4, 0.5) is 0 Å². The number of hydrogen-bond acceptors (Lipinski definition) is 9. The number of carbonyl (C=O) groups excluding carboxylic acids is 3. The van der Waals surface area contributed by atoms with Crippen molar-refractivity contribution >= 4 is 17.5 Å². The molecule has 0 amide bonds. The van der Waals surface area contributed by atoms with Gasteiger partial charge in [0.2, 0.25) is 5.79 Å². The third-order valence-electron chi connectivity index (χ3n) is 11.0. The molecule has 3 saturated heterocycles. The van der Waals surface area contributed by atoms with Gasteiger partial charge in [-0.15, -0.1) is 0 Å². The van der Waals surface area contributed by atoms with Crippen LogP contribution in [-0.4, -0.2) is 66.4 Å². The minimum atomic E-state index is -1.45. The molecule has 5 saturated carbocycles. The first-order valence-electron chi connectivity index (χ1n) is 14.8. The van der Waals surface area contributed by atoms with Gasteiger partial charge < -0.3 is 28.4 Å². The molecule has 0 aromatic rings. The molecule has 13 atom stereocenters. The minimum Gasteiger partial charge on any atom is -0.456 e. The summed E-state index contributed by atoms with van der Waals surface area (Å²) in [6.45, 7) is 11.2. The van der Waals surface area contributed by atoms with Crippen LogP contribution in [-0.2, 0) is 42.8 Å². The van der Waals surface area contributed by atoms with Gasteiger partial charge >= 0.3 is 5.97 Å². The van der Waals surface area contributed by atoms with E-state index in [2.05, 4.69) is 13.5 Å². The second-order valence-electron chi connectivity index (χ2n) is 13.3. The van der Waals surface area contributed by atoms with Gasteiger partial charge in [0.1, 0.15) is 36.5 Å². The topological polar surface area (TPSA) is 107 Å². The number of ether oxygens (including phenoxy) is 6. The highest BCUT2D eigenvalue weighted by molar-refractivity contribution is 5.87. The van der Waals surface area contributed by atoms with Gasteiger partial charge in [-0.25, -0.2) is 4.79 Å². The lowest BCUT2D eigenvalue weighted by Gasteiger charge is -2.57. The van der Waals surface area contributed by atoms with Crippen molar-refractivity contribution < 1.29 is 42.8 Å². The molecular weight excluding hydrogens is 504 g/mol. The van der Waals surface area contributed by atoms with Crippen LogP contribution < -0.4 is 0 Å². The monoisotopic (exact) mass is 544 g/mol. The van der Waals surface area contributed by atoms with E-state index in [0.29, 0.717) is 12.3 Å². The molecule has 0 aromatic carbocycles. The highest BCUT2D eigenvalue weighted by Gasteiger charge is 2.76. The number of fused-ring (bicyclic) bond motifs is 3. The first-order valence-corrected chi connectivity index (χ1v) is 14.8. The van der Waals surface area contributed by atoms with Crippen molar-refractivity contribution in [3.8, 4) is 0 Å². The van der Waals surface area contributed by atoms with Crippen LogP contribution in [0.1, 0.15) is 66.2 Å². The molecule has 8 fully saturated rings. The van der Waals surface area contributed by atoms with E-state index in [9.17, 15) is 14.4 Å². The van der Waals surface area contributed by atoms with Gasteiger partial charge in [-0.2, -0.15) is 0 Å². The van der Waals surface area contributed by atoms with E-state index in [-0.39, 0.29) is 59.9 Å². The van der Waals surface area contributed by atoms with Crippen molar-refractivity contribution in [3.63, 3.8) is 0 Å².